The SMILES string of the molecule is COc1ccc(-c2oc(-c3ccc(C)cc3)cc2I)cc1. The zero-order chi connectivity index (χ0) is 14.8. The van der Waals surface area contributed by atoms with Gasteiger partial charge in [-0.05, 0) is 59.8 Å². The van der Waals surface area contributed by atoms with Gasteiger partial charge in [0.05, 0.1) is 10.7 Å². The molecule has 0 fully saturated rings. The number of methoxy groups -OCH3 is 1. The molecule has 0 saturated heterocycles. The fourth-order valence-electron chi connectivity index (χ4n) is 2.17. The van der Waals surface area contributed by atoms with E-state index in [1.54, 1.807) is 7.11 Å². The van der Waals surface area contributed by atoms with Crippen LogP contribution in [0.15, 0.2) is 59.0 Å². The second-order valence-corrected chi connectivity index (χ2v) is 6.04. The molecular weight excluding hydrogens is 375 g/mol. The van der Waals surface area contributed by atoms with Crippen LogP contribution in [0.4, 0.5) is 0 Å². The van der Waals surface area contributed by atoms with E-state index in [4.69, 9.17) is 9.15 Å². The highest BCUT2D eigenvalue weighted by Gasteiger charge is 2.12. The lowest BCUT2D eigenvalue weighted by molar-refractivity contribution is 0.415. The molecule has 3 rings (SSSR count). The van der Waals surface area contributed by atoms with Gasteiger partial charge in [-0.25, -0.2) is 0 Å². The van der Waals surface area contributed by atoms with Crippen LogP contribution in [0.2, 0.25) is 0 Å². The zero-order valence-electron chi connectivity index (χ0n) is 11.9. The molecular formula is C18H15IO2. The van der Waals surface area contributed by atoms with Gasteiger partial charge < -0.3 is 9.15 Å². The molecule has 0 bridgehead atoms. The number of aryl methyl sites for hydroxylation is 1. The summed E-state index contributed by atoms with van der Waals surface area (Å²) in [5.41, 5.74) is 3.40. The van der Waals surface area contributed by atoms with Gasteiger partial charge in [-0.3, -0.25) is 0 Å². The summed E-state index contributed by atoms with van der Waals surface area (Å²) in [6.45, 7) is 2.08. The van der Waals surface area contributed by atoms with E-state index in [2.05, 4.69) is 59.8 Å². The Balaban J connectivity index is 1.98. The minimum Gasteiger partial charge on any atom is -0.497 e. The van der Waals surface area contributed by atoms with Crippen molar-refractivity contribution in [2.24, 2.45) is 0 Å². The third kappa shape index (κ3) is 2.97. The van der Waals surface area contributed by atoms with Gasteiger partial charge in [0.15, 0.2) is 0 Å². The molecule has 2 nitrogen and oxygen atoms in total. The van der Waals surface area contributed by atoms with Crippen molar-refractivity contribution < 1.29 is 9.15 Å². The van der Waals surface area contributed by atoms with E-state index in [0.29, 0.717) is 0 Å². The maximum Gasteiger partial charge on any atom is 0.148 e. The maximum absolute atomic E-state index is 6.05. The number of hydrogen-bond acceptors (Lipinski definition) is 2. The first-order chi connectivity index (χ1) is 10.2. The van der Waals surface area contributed by atoms with Gasteiger partial charge in [-0.15, -0.1) is 0 Å². The summed E-state index contributed by atoms with van der Waals surface area (Å²) in [5.74, 6) is 2.64. The summed E-state index contributed by atoms with van der Waals surface area (Å²) in [5, 5.41) is 0. The van der Waals surface area contributed by atoms with Crippen LogP contribution in [0.25, 0.3) is 22.6 Å². The fourth-order valence-corrected chi connectivity index (χ4v) is 2.87. The Labute approximate surface area is 137 Å². The van der Waals surface area contributed by atoms with Crippen LogP contribution >= 0.6 is 22.6 Å². The second-order valence-electron chi connectivity index (χ2n) is 4.88. The number of ether oxygens (including phenoxy) is 1. The highest BCUT2D eigenvalue weighted by molar-refractivity contribution is 14.1. The van der Waals surface area contributed by atoms with Gasteiger partial charge in [-0.2, -0.15) is 0 Å². The average Bonchev–Trinajstić information content (AvgIpc) is 2.90. The minimum absolute atomic E-state index is 0.846. The van der Waals surface area contributed by atoms with Crippen molar-refractivity contribution in [2.75, 3.05) is 7.11 Å². The summed E-state index contributed by atoms with van der Waals surface area (Å²) in [6.07, 6.45) is 0. The van der Waals surface area contributed by atoms with Gasteiger partial charge in [0.25, 0.3) is 0 Å². The molecule has 1 aromatic heterocycles. The summed E-state index contributed by atoms with van der Waals surface area (Å²) < 4.78 is 12.3. The third-order valence-corrected chi connectivity index (χ3v) is 4.18. The molecule has 2 aromatic carbocycles. The molecule has 106 valence electrons. The molecule has 0 amide bonds. The lowest BCUT2D eigenvalue weighted by atomic mass is 10.1. The minimum atomic E-state index is 0.846. The Kier molecular flexibility index (Phi) is 4.01. The number of hydrogen-bond donors (Lipinski definition) is 0. The van der Waals surface area contributed by atoms with Crippen LogP contribution in [-0.2, 0) is 0 Å². The van der Waals surface area contributed by atoms with Crippen molar-refractivity contribution in [3.8, 4) is 28.4 Å². The van der Waals surface area contributed by atoms with Crippen molar-refractivity contribution in [3.63, 3.8) is 0 Å². The fraction of sp³-hybridized carbons (Fsp3) is 0.111. The van der Waals surface area contributed by atoms with E-state index in [-0.39, 0.29) is 0 Å². The van der Waals surface area contributed by atoms with Crippen molar-refractivity contribution in [2.45, 2.75) is 6.92 Å². The molecule has 1 heterocycles. The van der Waals surface area contributed by atoms with E-state index >= 15 is 0 Å². The van der Waals surface area contributed by atoms with Gasteiger partial charge in [-0.1, -0.05) is 29.8 Å². The van der Waals surface area contributed by atoms with E-state index < -0.39 is 0 Å². The molecule has 0 radical (unpaired) electrons. The van der Waals surface area contributed by atoms with E-state index in [9.17, 15) is 0 Å². The Bertz CT molecular complexity index is 740. The second kappa shape index (κ2) is 5.93. The van der Waals surface area contributed by atoms with Crippen LogP contribution in [0, 0.1) is 10.5 Å². The third-order valence-electron chi connectivity index (χ3n) is 3.38. The summed E-state index contributed by atoms with van der Waals surface area (Å²) in [6, 6.07) is 18.3. The quantitative estimate of drug-likeness (QED) is 0.549. The number of benzene rings is 2. The topological polar surface area (TPSA) is 22.4 Å². The van der Waals surface area contributed by atoms with Crippen molar-refractivity contribution >= 4 is 22.6 Å². The van der Waals surface area contributed by atoms with Crippen LogP contribution < -0.4 is 4.74 Å². The van der Waals surface area contributed by atoms with Crippen molar-refractivity contribution in [1.29, 1.82) is 0 Å². The predicted octanol–water partition coefficient (Wildman–Crippen LogP) is 5.54. The van der Waals surface area contributed by atoms with E-state index in [1.807, 2.05) is 24.3 Å². The number of rotatable bonds is 3. The molecule has 0 N–H and O–H groups in total. The van der Waals surface area contributed by atoms with E-state index in [1.165, 1.54) is 5.56 Å². The Morgan fingerprint density at radius 1 is 0.905 bits per heavy atom. The van der Waals surface area contributed by atoms with Gasteiger partial charge in [0, 0.05) is 11.1 Å². The Hall–Kier alpha value is -1.75. The van der Waals surface area contributed by atoms with Crippen molar-refractivity contribution in [3.05, 3.63) is 63.7 Å². The maximum atomic E-state index is 6.05. The highest BCUT2D eigenvalue weighted by atomic mass is 127. The van der Waals surface area contributed by atoms with Gasteiger partial charge >= 0.3 is 0 Å². The molecule has 3 aromatic rings. The molecule has 0 aliphatic carbocycles. The van der Waals surface area contributed by atoms with Gasteiger partial charge in [0.1, 0.15) is 17.3 Å². The predicted molar refractivity (Wildman–Crippen MR) is 93.6 cm³/mol. The average molecular weight is 390 g/mol. The molecule has 0 aliphatic heterocycles. The lowest BCUT2D eigenvalue weighted by Gasteiger charge is -2.02. The number of furan rings is 1. The van der Waals surface area contributed by atoms with E-state index in [0.717, 1.165) is 32.0 Å². The molecule has 0 atom stereocenters. The number of halogens is 1. The molecule has 0 spiro atoms. The summed E-state index contributed by atoms with van der Waals surface area (Å²) in [4.78, 5) is 0. The first kappa shape index (κ1) is 14.2. The lowest BCUT2D eigenvalue weighted by Crippen LogP contribution is -1.82. The molecule has 0 saturated carbocycles. The first-order valence-corrected chi connectivity index (χ1v) is 7.76. The smallest absolute Gasteiger partial charge is 0.148 e. The normalized spacial score (nSPS) is 10.6. The molecule has 21 heavy (non-hydrogen) atoms. The Morgan fingerprint density at radius 3 is 2.14 bits per heavy atom. The standard InChI is InChI=1S/C18H15IO2/c1-12-3-5-13(6-4-12)17-11-16(19)18(21-17)14-7-9-15(20-2)10-8-14/h3-11H,1-2H3. The van der Waals surface area contributed by atoms with Crippen LogP contribution in [0.3, 0.4) is 0 Å². The molecule has 0 aliphatic rings. The monoisotopic (exact) mass is 390 g/mol. The van der Waals surface area contributed by atoms with Crippen LogP contribution in [0.1, 0.15) is 5.56 Å². The van der Waals surface area contributed by atoms with Crippen LogP contribution in [0.5, 0.6) is 5.75 Å². The summed E-state index contributed by atoms with van der Waals surface area (Å²) in [7, 11) is 1.67. The first-order valence-electron chi connectivity index (χ1n) is 6.68. The highest BCUT2D eigenvalue weighted by Crippen LogP contribution is 2.34. The largest absolute Gasteiger partial charge is 0.497 e. The van der Waals surface area contributed by atoms with Crippen LogP contribution in [-0.4, -0.2) is 7.11 Å². The summed E-state index contributed by atoms with van der Waals surface area (Å²) >= 11 is 2.31. The molecule has 3 heteroatoms. The Morgan fingerprint density at radius 2 is 1.52 bits per heavy atom. The van der Waals surface area contributed by atoms with Gasteiger partial charge in [0.2, 0.25) is 0 Å². The molecule has 0 unspecified atom stereocenters. The van der Waals surface area contributed by atoms with Crippen molar-refractivity contribution in [1.82, 2.24) is 0 Å². The zero-order valence-corrected chi connectivity index (χ0v) is 14.0.